The highest BCUT2D eigenvalue weighted by molar-refractivity contribution is 7.10. The first-order valence-electron chi connectivity index (χ1n) is 8.74. The second-order valence-corrected chi connectivity index (χ2v) is 7.72. The maximum atomic E-state index is 12.9. The molecule has 1 aliphatic heterocycles. The number of nitrogens with zero attached hydrogens (tertiary/aromatic N) is 3. The van der Waals surface area contributed by atoms with Crippen molar-refractivity contribution in [2.24, 2.45) is 0 Å². The molecular weight excluding hydrogens is 322 g/mol. The topological polar surface area (TPSA) is 49.6 Å². The zero-order chi connectivity index (χ0) is 16.5. The molecule has 0 radical (unpaired) electrons. The average molecular weight is 345 g/mol. The first-order chi connectivity index (χ1) is 11.7. The van der Waals surface area contributed by atoms with Gasteiger partial charge in [0.1, 0.15) is 5.76 Å². The van der Waals surface area contributed by atoms with Gasteiger partial charge in [-0.2, -0.15) is 0 Å². The van der Waals surface area contributed by atoms with Crippen LogP contribution >= 0.6 is 11.3 Å². The van der Waals surface area contributed by atoms with Gasteiger partial charge in [-0.15, -0.1) is 11.3 Å². The fourth-order valence-corrected chi connectivity index (χ4v) is 4.79. The van der Waals surface area contributed by atoms with Crippen LogP contribution in [0.2, 0.25) is 0 Å². The van der Waals surface area contributed by atoms with Gasteiger partial charge in [-0.05, 0) is 38.2 Å². The van der Waals surface area contributed by atoms with Gasteiger partial charge in [0.25, 0.3) is 5.91 Å². The molecule has 0 saturated carbocycles. The van der Waals surface area contributed by atoms with Crippen molar-refractivity contribution < 1.29 is 9.32 Å². The summed E-state index contributed by atoms with van der Waals surface area (Å²) in [5.74, 6) is 1.08. The van der Waals surface area contributed by atoms with Gasteiger partial charge in [0, 0.05) is 49.0 Å². The number of piperazine rings is 1. The van der Waals surface area contributed by atoms with E-state index in [-0.39, 0.29) is 5.91 Å². The summed E-state index contributed by atoms with van der Waals surface area (Å²) in [7, 11) is 0. The van der Waals surface area contributed by atoms with Crippen LogP contribution in [0.15, 0.2) is 16.0 Å². The molecule has 128 valence electrons. The Balaban J connectivity index is 1.37. The molecule has 1 fully saturated rings. The Kier molecular flexibility index (Phi) is 4.41. The van der Waals surface area contributed by atoms with Crippen LogP contribution in [0.25, 0.3) is 0 Å². The van der Waals surface area contributed by atoms with Gasteiger partial charge in [-0.1, -0.05) is 5.16 Å². The lowest BCUT2D eigenvalue weighted by Crippen LogP contribution is -2.48. The minimum atomic E-state index is 0.228. The van der Waals surface area contributed by atoms with E-state index < -0.39 is 0 Å². The highest BCUT2D eigenvalue weighted by Crippen LogP contribution is 2.31. The molecule has 2 aromatic rings. The van der Waals surface area contributed by atoms with E-state index in [1.165, 1.54) is 23.3 Å². The predicted octanol–water partition coefficient (Wildman–Crippen LogP) is 2.88. The summed E-state index contributed by atoms with van der Waals surface area (Å²) in [5.41, 5.74) is 3.27. The third-order valence-corrected chi connectivity index (χ3v) is 6.10. The van der Waals surface area contributed by atoms with Gasteiger partial charge in [0.05, 0.1) is 11.3 Å². The summed E-state index contributed by atoms with van der Waals surface area (Å²) in [4.78, 5) is 18.7. The van der Waals surface area contributed by atoms with Crippen LogP contribution in [0.5, 0.6) is 0 Å². The normalized spacial score (nSPS) is 18.6. The number of hydrogen-bond donors (Lipinski definition) is 0. The molecular formula is C18H23N3O2S. The molecule has 0 N–H and O–H groups in total. The van der Waals surface area contributed by atoms with Crippen LogP contribution in [0, 0.1) is 6.92 Å². The first-order valence-corrected chi connectivity index (χ1v) is 9.62. The highest BCUT2D eigenvalue weighted by Gasteiger charge is 2.27. The number of aryl methyl sites for hydroxylation is 2. The third kappa shape index (κ3) is 3.13. The summed E-state index contributed by atoms with van der Waals surface area (Å²) in [6.45, 7) is 6.08. The quantitative estimate of drug-likeness (QED) is 0.858. The molecule has 5 nitrogen and oxygen atoms in total. The second-order valence-electron chi connectivity index (χ2n) is 6.76. The maximum absolute atomic E-state index is 12.9. The SMILES string of the molecule is Cc1cc(CN2CCN(C(=O)c3csc4c3CCCC4)CC2)no1. The standard InChI is InChI=1S/C18H23N3O2S/c1-13-10-14(19-23-13)11-20-6-8-21(9-7-20)18(22)16-12-24-17-5-3-2-4-15(16)17/h10,12H,2-9,11H2,1H3. The molecule has 3 heterocycles. The average Bonchev–Trinajstić information content (AvgIpc) is 3.21. The molecule has 0 atom stereocenters. The van der Waals surface area contributed by atoms with E-state index in [0.717, 1.165) is 62.6 Å². The van der Waals surface area contributed by atoms with E-state index in [2.05, 4.69) is 15.4 Å². The van der Waals surface area contributed by atoms with Crippen LogP contribution in [-0.4, -0.2) is 47.0 Å². The third-order valence-electron chi connectivity index (χ3n) is 5.01. The van der Waals surface area contributed by atoms with Crippen LogP contribution in [0.3, 0.4) is 0 Å². The largest absolute Gasteiger partial charge is 0.361 e. The number of aromatic nitrogens is 1. The monoisotopic (exact) mass is 345 g/mol. The van der Waals surface area contributed by atoms with Crippen molar-refractivity contribution in [1.82, 2.24) is 15.0 Å². The molecule has 0 spiro atoms. The van der Waals surface area contributed by atoms with Gasteiger partial charge < -0.3 is 9.42 Å². The smallest absolute Gasteiger partial charge is 0.255 e. The van der Waals surface area contributed by atoms with Gasteiger partial charge in [0.2, 0.25) is 0 Å². The molecule has 0 unspecified atom stereocenters. The number of thiophene rings is 1. The summed E-state index contributed by atoms with van der Waals surface area (Å²) in [5, 5.41) is 6.14. The molecule has 24 heavy (non-hydrogen) atoms. The number of amides is 1. The Hall–Kier alpha value is -1.66. The minimum Gasteiger partial charge on any atom is -0.361 e. The fraction of sp³-hybridized carbons (Fsp3) is 0.556. The summed E-state index contributed by atoms with van der Waals surface area (Å²) in [6, 6.07) is 1.98. The van der Waals surface area contributed by atoms with Crippen molar-refractivity contribution in [1.29, 1.82) is 0 Å². The van der Waals surface area contributed by atoms with E-state index in [1.807, 2.05) is 17.9 Å². The van der Waals surface area contributed by atoms with Gasteiger partial charge >= 0.3 is 0 Å². The molecule has 6 heteroatoms. The van der Waals surface area contributed by atoms with E-state index in [9.17, 15) is 4.79 Å². The van der Waals surface area contributed by atoms with Gasteiger partial charge in [0.15, 0.2) is 0 Å². The lowest BCUT2D eigenvalue weighted by atomic mass is 9.95. The molecule has 1 aliphatic carbocycles. The minimum absolute atomic E-state index is 0.228. The van der Waals surface area contributed by atoms with Crippen molar-refractivity contribution in [2.45, 2.75) is 39.2 Å². The second kappa shape index (κ2) is 6.69. The maximum Gasteiger partial charge on any atom is 0.255 e. The molecule has 0 bridgehead atoms. The first kappa shape index (κ1) is 15.8. The lowest BCUT2D eigenvalue weighted by molar-refractivity contribution is 0.0625. The van der Waals surface area contributed by atoms with Crippen LogP contribution in [-0.2, 0) is 19.4 Å². The van der Waals surface area contributed by atoms with Gasteiger partial charge in [-0.3, -0.25) is 9.69 Å². The van der Waals surface area contributed by atoms with Crippen molar-refractivity contribution in [3.63, 3.8) is 0 Å². The number of fused-ring (bicyclic) bond motifs is 1. The van der Waals surface area contributed by atoms with Crippen LogP contribution in [0.1, 0.15) is 45.1 Å². The molecule has 0 aromatic carbocycles. The molecule has 1 saturated heterocycles. The van der Waals surface area contributed by atoms with Crippen molar-refractivity contribution in [2.75, 3.05) is 26.2 Å². The predicted molar refractivity (Wildman–Crippen MR) is 93.4 cm³/mol. The van der Waals surface area contributed by atoms with Crippen molar-refractivity contribution in [3.05, 3.63) is 38.9 Å². The van der Waals surface area contributed by atoms with E-state index >= 15 is 0 Å². The van der Waals surface area contributed by atoms with Crippen LogP contribution < -0.4 is 0 Å². The Bertz CT molecular complexity index is 728. The zero-order valence-corrected chi connectivity index (χ0v) is 14.9. The summed E-state index contributed by atoms with van der Waals surface area (Å²) < 4.78 is 5.13. The van der Waals surface area contributed by atoms with E-state index in [1.54, 1.807) is 11.3 Å². The Morgan fingerprint density at radius 2 is 2.04 bits per heavy atom. The van der Waals surface area contributed by atoms with E-state index in [4.69, 9.17) is 4.52 Å². The number of rotatable bonds is 3. The molecule has 2 aliphatic rings. The number of hydrogen-bond acceptors (Lipinski definition) is 5. The van der Waals surface area contributed by atoms with Crippen molar-refractivity contribution >= 4 is 17.2 Å². The zero-order valence-electron chi connectivity index (χ0n) is 14.1. The Morgan fingerprint density at radius 1 is 1.25 bits per heavy atom. The highest BCUT2D eigenvalue weighted by atomic mass is 32.1. The summed E-state index contributed by atoms with van der Waals surface area (Å²) in [6.07, 6.45) is 4.71. The van der Waals surface area contributed by atoms with Gasteiger partial charge in [-0.25, -0.2) is 0 Å². The Morgan fingerprint density at radius 3 is 2.79 bits per heavy atom. The van der Waals surface area contributed by atoms with E-state index in [0.29, 0.717) is 0 Å². The van der Waals surface area contributed by atoms with Crippen LogP contribution in [0.4, 0.5) is 0 Å². The Labute approximate surface area is 146 Å². The molecule has 4 rings (SSSR count). The summed E-state index contributed by atoms with van der Waals surface area (Å²) >= 11 is 1.77. The molecule has 2 aromatic heterocycles. The number of carbonyl (C=O) groups is 1. The number of carbonyl (C=O) groups excluding carboxylic acids is 1. The van der Waals surface area contributed by atoms with Crippen molar-refractivity contribution in [3.8, 4) is 0 Å². The molecule has 1 amide bonds. The lowest BCUT2D eigenvalue weighted by Gasteiger charge is -2.34. The fourth-order valence-electron chi connectivity index (χ4n) is 3.67.